The van der Waals surface area contributed by atoms with Crippen molar-refractivity contribution in [2.45, 2.75) is 197 Å². The lowest BCUT2D eigenvalue weighted by molar-refractivity contribution is -0.522. The first-order valence-electron chi connectivity index (χ1n) is 20.5. The number of carbonyl (C=O) groups is 1. The first-order chi connectivity index (χ1) is 25.2. The summed E-state index contributed by atoms with van der Waals surface area (Å²) in [6, 6.07) is 9.59. The van der Waals surface area contributed by atoms with E-state index >= 15 is 0 Å². The molecule has 0 spiro atoms. The van der Waals surface area contributed by atoms with E-state index in [9.17, 15) is 9.90 Å². The van der Waals surface area contributed by atoms with Gasteiger partial charge >= 0.3 is 12.1 Å². The van der Waals surface area contributed by atoms with Crippen molar-refractivity contribution in [3.8, 4) is 0 Å². The molecule has 6 unspecified atom stereocenters. The number of rotatable bonds is 15. The molecular formula is C41H73NO10Si3. The van der Waals surface area contributed by atoms with Crippen LogP contribution in [0.2, 0.25) is 52.9 Å². The van der Waals surface area contributed by atoms with Gasteiger partial charge in [-0.05, 0) is 65.4 Å². The molecule has 11 nitrogen and oxygen atoms in total. The first-order valence-corrected chi connectivity index (χ1v) is 28.5. The van der Waals surface area contributed by atoms with Crippen LogP contribution < -0.4 is 5.32 Å². The molecule has 1 amide bonds. The van der Waals surface area contributed by atoms with Gasteiger partial charge in [0.25, 0.3) is 0 Å². The summed E-state index contributed by atoms with van der Waals surface area (Å²) in [5, 5.41) is 16.4. The van der Waals surface area contributed by atoms with E-state index in [2.05, 4.69) is 115 Å². The molecule has 6 rings (SSSR count). The number of hydrogen-bond donors (Lipinski definition) is 2. The number of ether oxygens (including phenoxy) is 5. The second-order valence-electron chi connectivity index (χ2n) is 20.4. The number of benzene rings is 1. The quantitative estimate of drug-likeness (QED) is 0.166. The molecule has 314 valence electrons. The minimum absolute atomic E-state index is 0.0669. The molecule has 2 N–H and O–H groups in total. The van der Waals surface area contributed by atoms with Crippen LogP contribution in [0.5, 0.6) is 0 Å². The van der Waals surface area contributed by atoms with E-state index in [1.807, 2.05) is 37.3 Å². The highest BCUT2D eigenvalue weighted by molar-refractivity contribution is 6.77. The summed E-state index contributed by atoms with van der Waals surface area (Å²) >= 11 is 0. The zero-order valence-electron chi connectivity index (χ0n) is 36.8. The molecule has 6 bridgehead atoms. The van der Waals surface area contributed by atoms with Gasteiger partial charge in [-0.1, -0.05) is 113 Å². The van der Waals surface area contributed by atoms with Crippen LogP contribution in [-0.2, 0) is 43.6 Å². The summed E-state index contributed by atoms with van der Waals surface area (Å²) in [6.45, 7) is 37.2. The van der Waals surface area contributed by atoms with Crippen molar-refractivity contribution in [3.05, 3.63) is 35.9 Å². The van der Waals surface area contributed by atoms with E-state index in [1.165, 1.54) is 0 Å². The largest absolute Gasteiger partial charge is 0.445 e. The lowest BCUT2D eigenvalue weighted by atomic mass is 9.57. The fraction of sp³-hybridized carbons (Fsp3) is 0.829. The molecule has 1 aromatic carbocycles. The van der Waals surface area contributed by atoms with Gasteiger partial charge in [-0.15, -0.1) is 0 Å². The van der Waals surface area contributed by atoms with Gasteiger partial charge in [0.05, 0.1) is 12.5 Å². The molecule has 1 saturated carbocycles. The highest BCUT2D eigenvalue weighted by atomic mass is 28.4. The summed E-state index contributed by atoms with van der Waals surface area (Å²) in [5.41, 5.74) is -1.74. The van der Waals surface area contributed by atoms with Crippen LogP contribution in [0, 0.1) is 5.92 Å². The summed E-state index contributed by atoms with van der Waals surface area (Å²) in [4.78, 5) is 14.4. The molecule has 4 aliphatic heterocycles. The minimum Gasteiger partial charge on any atom is -0.445 e. The third-order valence-electron chi connectivity index (χ3n) is 14.1. The van der Waals surface area contributed by atoms with Crippen LogP contribution >= 0.6 is 0 Å². The predicted octanol–water partition coefficient (Wildman–Crippen LogP) is 8.83. The summed E-state index contributed by atoms with van der Waals surface area (Å²) < 4.78 is 55.8. The van der Waals surface area contributed by atoms with Crippen molar-refractivity contribution in [2.75, 3.05) is 13.2 Å². The fourth-order valence-corrected chi connectivity index (χ4v) is 16.9. The average molecular weight is 824 g/mol. The standard InChI is InChI=1S/C41H73NO10Si3/c1-18-45-34-30-31-39(44,25-47-53(14,15)37(8,9)10)32-33(51-54(16,17)38(11,12)13)40(30,42-36(43)46-24-29-22-20-19-21-23-29)35(48-34)41(49-31,50-32)52-55(26(2)3,27(4)5)28(6)7/h19-23,26-28,30-35,44H,18,24-25H2,1-17H3,(H,42,43)/t30?,31?,32?,33?,34?,35-,39-,40+,41?/m0/s1. The molecule has 1 aliphatic carbocycles. The number of nitrogens with one attached hydrogen (secondary N) is 1. The van der Waals surface area contributed by atoms with E-state index < -0.39 is 84.8 Å². The smallest absolute Gasteiger partial charge is 0.408 e. The highest BCUT2D eigenvalue weighted by Crippen LogP contribution is 2.67. The Labute approximate surface area is 334 Å². The molecule has 0 aromatic heterocycles. The number of carbonyl (C=O) groups excluding carboxylic acids is 1. The van der Waals surface area contributed by atoms with Gasteiger partial charge < -0.3 is 47.4 Å². The average Bonchev–Trinajstić information content (AvgIpc) is 3.32. The van der Waals surface area contributed by atoms with Crippen LogP contribution in [0.15, 0.2) is 30.3 Å². The van der Waals surface area contributed by atoms with Crippen LogP contribution in [-0.4, -0.2) is 97.2 Å². The van der Waals surface area contributed by atoms with Crippen molar-refractivity contribution in [1.82, 2.24) is 5.32 Å². The van der Waals surface area contributed by atoms with Crippen LogP contribution in [0.3, 0.4) is 0 Å². The molecular weight excluding hydrogens is 751 g/mol. The lowest BCUT2D eigenvalue weighted by Gasteiger charge is -2.71. The van der Waals surface area contributed by atoms with Gasteiger partial charge in [-0.2, -0.15) is 0 Å². The predicted molar refractivity (Wildman–Crippen MR) is 221 cm³/mol. The maximum Gasteiger partial charge on any atom is 0.408 e. The first kappa shape index (κ1) is 44.9. The van der Waals surface area contributed by atoms with Crippen LogP contribution in [0.4, 0.5) is 4.79 Å². The lowest BCUT2D eigenvalue weighted by Crippen LogP contribution is -2.93. The third kappa shape index (κ3) is 7.40. The number of aliphatic hydroxyl groups is 1. The number of alkyl carbamates (subject to hydrolysis) is 1. The molecule has 5 fully saturated rings. The van der Waals surface area contributed by atoms with E-state index in [4.69, 9.17) is 37.0 Å². The third-order valence-corrected chi connectivity index (χ3v) is 29.1. The molecule has 1 aromatic rings. The summed E-state index contributed by atoms with van der Waals surface area (Å²) in [6.07, 6.45) is -5.49. The second-order valence-corrected chi connectivity index (χ2v) is 35.4. The Kier molecular flexibility index (Phi) is 12.4. The molecule has 55 heavy (non-hydrogen) atoms. The zero-order chi connectivity index (χ0) is 41.4. The minimum atomic E-state index is -2.80. The van der Waals surface area contributed by atoms with Crippen molar-refractivity contribution < 1.29 is 46.9 Å². The van der Waals surface area contributed by atoms with E-state index in [1.54, 1.807) is 0 Å². The molecule has 14 heteroatoms. The fourth-order valence-electron chi connectivity index (χ4n) is 9.16. The van der Waals surface area contributed by atoms with Gasteiger partial charge in [0, 0.05) is 6.61 Å². The highest BCUT2D eigenvalue weighted by Gasteiger charge is 2.88. The molecule has 4 saturated heterocycles. The summed E-state index contributed by atoms with van der Waals surface area (Å²) in [7, 11) is -7.88. The van der Waals surface area contributed by atoms with Crippen molar-refractivity contribution >= 4 is 31.0 Å². The number of hydrogen-bond acceptors (Lipinski definition) is 10. The molecule has 0 radical (unpaired) electrons. The Balaban J connectivity index is 1.75. The van der Waals surface area contributed by atoms with Gasteiger partial charge in [0.1, 0.15) is 36.1 Å². The zero-order valence-corrected chi connectivity index (χ0v) is 39.8. The monoisotopic (exact) mass is 823 g/mol. The van der Waals surface area contributed by atoms with E-state index in [0.717, 1.165) is 5.56 Å². The maximum atomic E-state index is 14.4. The summed E-state index contributed by atoms with van der Waals surface area (Å²) in [5.74, 6) is -2.54. The van der Waals surface area contributed by atoms with E-state index in [0.29, 0.717) is 6.61 Å². The van der Waals surface area contributed by atoms with Crippen molar-refractivity contribution in [3.63, 3.8) is 0 Å². The van der Waals surface area contributed by atoms with Gasteiger partial charge in [-0.25, -0.2) is 4.79 Å². The Hall–Kier alpha value is -1.18. The van der Waals surface area contributed by atoms with Crippen molar-refractivity contribution in [1.29, 1.82) is 0 Å². The normalized spacial score (nSPS) is 33.6. The number of amides is 1. The molecule has 9 atom stereocenters. The van der Waals surface area contributed by atoms with Gasteiger partial charge in [0.15, 0.2) is 29.0 Å². The van der Waals surface area contributed by atoms with E-state index in [-0.39, 0.29) is 39.9 Å². The maximum absolute atomic E-state index is 14.4. The molecule has 5 aliphatic rings. The van der Waals surface area contributed by atoms with Crippen LogP contribution in [0.1, 0.15) is 95.6 Å². The SMILES string of the molecule is CCOC1O[C@@H]2C3(O[Si](C(C)C)(C(C)C)C(C)C)OC4C(O[Si](C)(C)C(C)(C)C)[C@]2(NC(=O)OCc2ccccc2)C1C(O3)[C@@]4(O)CO[Si](C)(C)C(C)(C)C. The van der Waals surface area contributed by atoms with Crippen molar-refractivity contribution in [2.24, 2.45) is 5.92 Å². The Morgan fingerprint density at radius 3 is 1.93 bits per heavy atom. The topological polar surface area (TPSA) is 123 Å². The Morgan fingerprint density at radius 2 is 1.42 bits per heavy atom. The van der Waals surface area contributed by atoms with Crippen LogP contribution in [0.25, 0.3) is 0 Å². The Bertz CT molecular complexity index is 1490. The van der Waals surface area contributed by atoms with Gasteiger partial charge in [0.2, 0.25) is 8.32 Å². The second kappa shape index (κ2) is 15.1. The molecule has 4 heterocycles. The van der Waals surface area contributed by atoms with Gasteiger partial charge in [-0.3, -0.25) is 0 Å². The Morgan fingerprint density at radius 1 is 0.873 bits per heavy atom.